The fourth-order valence-electron chi connectivity index (χ4n) is 3.20. The van der Waals surface area contributed by atoms with Gasteiger partial charge in [0.15, 0.2) is 0 Å². The molecule has 1 aromatic rings. The summed E-state index contributed by atoms with van der Waals surface area (Å²) in [5.41, 5.74) is 1.58. The van der Waals surface area contributed by atoms with Crippen LogP contribution >= 0.6 is 0 Å². The van der Waals surface area contributed by atoms with Crippen LogP contribution in [-0.2, 0) is 4.74 Å². The van der Waals surface area contributed by atoms with Gasteiger partial charge in [0.2, 0.25) is 5.82 Å². The summed E-state index contributed by atoms with van der Waals surface area (Å²) in [5.74, 6) is 0.170. The van der Waals surface area contributed by atoms with Crippen molar-refractivity contribution in [3.63, 3.8) is 0 Å². The highest BCUT2D eigenvalue weighted by atomic mass is 16.6. The Labute approximate surface area is 135 Å². The smallest absolute Gasteiger partial charge is 0.411 e. The maximum atomic E-state index is 12.4. The molecule has 6 heteroatoms. The minimum absolute atomic E-state index is 0.0641. The molecule has 0 spiro atoms. The van der Waals surface area contributed by atoms with Crippen molar-refractivity contribution >= 4 is 11.7 Å². The summed E-state index contributed by atoms with van der Waals surface area (Å²) in [6.07, 6.45) is 7.92. The van der Waals surface area contributed by atoms with E-state index in [9.17, 15) is 4.79 Å². The van der Waals surface area contributed by atoms with Crippen molar-refractivity contribution < 1.29 is 9.53 Å². The van der Waals surface area contributed by atoms with E-state index in [1.807, 2.05) is 31.7 Å². The standard InChI is InChI=1S/C17H20N4O2/c1-17(2,3)23-16(22)21-13-4-5-14(21)7-11(6-13)12-9-19-15(8-18)20-10-12/h6,9-10,13-14H,4-5,7H2,1-3H3. The molecule has 0 N–H and O–H groups in total. The Morgan fingerprint density at radius 2 is 2.04 bits per heavy atom. The van der Waals surface area contributed by atoms with Crippen LogP contribution in [0.15, 0.2) is 18.5 Å². The van der Waals surface area contributed by atoms with Crippen LogP contribution < -0.4 is 0 Å². The lowest BCUT2D eigenvalue weighted by molar-refractivity contribution is 0.0175. The minimum Gasteiger partial charge on any atom is -0.444 e. The third kappa shape index (κ3) is 3.19. The van der Waals surface area contributed by atoms with Crippen LogP contribution in [0.4, 0.5) is 4.79 Å². The fourth-order valence-corrected chi connectivity index (χ4v) is 3.20. The van der Waals surface area contributed by atoms with Gasteiger partial charge in [-0.1, -0.05) is 6.08 Å². The Bertz CT molecular complexity index is 682. The number of hydrogen-bond donors (Lipinski definition) is 0. The number of ether oxygens (including phenoxy) is 1. The number of rotatable bonds is 1. The van der Waals surface area contributed by atoms with E-state index in [1.165, 1.54) is 0 Å². The molecule has 0 aromatic carbocycles. The summed E-state index contributed by atoms with van der Waals surface area (Å²) >= 11 is 0. The van der Waals surface area contributed by atoms with Crippen LogP contribution in [-0.4, -0.2) is 38.6 Å². The average molecular weight is 312 g/mol. The molecule has 2 atom stereocenters. The number of carbonyl (C=O) groups excluding carboxylic acids is 1. The number of fused-ring (bicyclic) bond motifs is 2. The minimum atomic E-state index is -0.485. The van der Waals surface area contributed by atoms with Crippen LogP contribution in [0, 0.1) is 11.3 Å². The third-order valence-electron chi connectivity index (χ3n) is 4.12. The molecule has 23 heavy (non-hydrogen) atoms. The van der Waals surface area contributed by atoms with Crippen molar-refractivity contribution in [2.24, 2.45) is 0 Å². The monoisotopic (exact) mass is 312 g/mol. The lowest BCUT2D eigenvalue weighted by Gasteiger charge is -2.35. The quantitative estimate of drug-likeness (QED) is 0.796. The Morgan fingerprint density at radius 1 is 1.35 bits per heavy atom. The van der Waals surface area contributed by atoms with E-state index in [2.05, 4.69) is 16.0 Å². The number of nitriles is 1. The number of nitrogens with zero attached hydrogens (tertiary/aromatic N) is 4. The van der Waals surface area contributed by atoms with E-state index in [-0.39, 0.29) is 24.0 Å². The summed E-state index contributed by atoms with van der Waals surface area (Å²) < 4.78 is 5.53. The fraction of sp³-hybridized carbons (Fsp3) is 0.529. The Hall–Kier alpha value is -2.42. The number of aromatic nitrogens is 2. The topological polar surface area (TPSA) is 79.1 Å². The molecular weight excluding hydrogens is 292 g/mol. The first-order valence-corrected chi connectivity index (χ1v) is 7.82. The van der Waals surface area contributed by atoms with Gasteiger partial charge in [0.25, 0.3) is 0 Å². The molecular formula is C17H20N4O2. The Kier molecular flexibility index (Phi) is 3.80. The number of carbonyl (C=O) groups is 1. The summed E-state index contributed by atoms with van der Waals surface area (Å²) in [6.45, 7) is 5.64. The second-order valence-electron chi connectivity index (χ2n) is 6.99. The lowest BCUT2D eigenvalue weighted by atomic mass is 9.97. The van der Waals surface area contributed by atoms with Gasteiger partial charge in [-0.3, -0.25) is 4.90 Å². The van der Waals surface area contributed by atoms with Crippen LogP contribution in [0.3, 0.4) is 0 Å². The van der Waals surface area contributed by atoms with E-state index in [0.29, 0.717) is 0 Å². The van der Waals surface area contributed by atoms with Crippen LogP contribution in [0.2, 0.25) is 0 Å². The van der Waals surface area contributed by atoms with Crippen molar-refractivity contribution in [3.05, 3.63) is 29.9 Å². The lowest BCUT2D eigenvalue weighted by Crippen LogP contribution is -2.45. The molecule has 1 amide bonds. The van der Waals surface area contributed by atoms with E-state index >= 15 is 0 Å². The highest BCUT2D eigenvalue weighted by Gasteiger charge is 2.41. The van der Waals surface area contributed by atoms with Crippen molar-refractivity contribution in [2.45, 2.75) is 57.7 Å². The predicted molar refractivity (Wildman–Crippen MR) is 84.2 cm³/mol. The molecule has 1 saturated heterocycles. The van der Waals surface area contributed by atoms with Crippen LogP contribution in [0.1, 0.15) is 51.4 Å². The van der Waals surface area contributed by atoms with E-state index < -0.39 is 5.60 Å². The molecule has 6 nitrogen and oxygen atoms in total. The zero-order valence-corrected chi connectivity index (χ0v) is 13.6. The van der Waals surface area contributed by atoms with Gasteiger partial charge >= 0.3 is 6.09 Å². The highest BCUT2D eigenvalue weighted by Crippen LogP contribution is 2.39. The Balaban J connectivity index is 1.80. The third-order valence-corrected chi connectivity index (χ3v) is 4.12. The van der Waals surface area contributed by atoms with Gasteiger partial charge in [-0.25, -0.2) is 14.8 Å². The van der Waals surface area contributed by atoms with Gasteiger partial charge in [0, 0.05) is 24.0 Å². The number of hydrogen-bond acceptors (Lipinski definition) is 5. The maximum absolute atomic E-state index is 12.4. The second-order valence-corrected chi connectivity index (χ2v) is 6.99. The van der Waals surface area contributed by atoms with Crippen LogP contribution in [0.5, 0.6) is 0 Å². The predicted octanol–water partition coefficient (Wildman–Crippen LogP) is 2.90. The summed E-state index contributed by atoms with van der Waals surface area (Å²) in [7, 11) is 0. The second kappa shape index (κ2) is 5.65. The van der Waals surface area contributed by atoms with Crippen LogP contribution in [0.25, 0.3) is 5.57 Å². The van der Waals surface area contributed by atoms with Crippen molar-refractivity contribution in [1.82, 2.24) is 14.9 Å². The first-order valence-electron chi connectivity index (χ1n) is 7.82. The maximum Gasteiger partial charge on any atom is 0.411 e. The molecule has 2 bridgehead atoms. The van der Waals surface area contributed by atoms with Crippen molar-refractivity contribution in [1.29, 1.82) is 5.26 Å². The summed E-state index contributed by atoms with van der Waals surface area (Å²) in [4.78, 5) is 22.3. The van der Waals surface area contributed by atoms with Gasteiger partial charge in [-0.2, -0.15) is 5.26 Å². The zero-order valence-electron chi connectivity index (χ0n) is 13.6. The molecule has 1 aromatic heterocycles. The average Bonchev–Trinajstić information content (AvgIpc) is 2.76. The largest absolute Gasteiger partial charge is 0.444 e. The molecule has 0 saturated carbocycles. The normalized spacial score (nSPS) is 23.2. The van der Waals surface area contributed by atoms with Gasteiger partial charge in [0.05, 0.1) is 6.04 Å². The van der Waals surface area contributed by atoms with E-state index in [4.69, 9.17) is 10.00 Å². The van der Waals surface area contributed by atoms with Gasteiger partial charge in [0.1, 0.15) is 11.7 Å². The van der Waals surface area contributed by atoms with Crippen molar-refractivity contribution in [3.8, 4) is 6.07 Å². The molecule has 120 valence electrons. The van der Waals surface area contributed by atoms with Crippen molar-refractivity contribution in [2.75, 3.05) is 0 Å². The van der Waals surface area contributed by atoms with E-state index in [0.717, 1.165) is 30.4 Å². The first-order chi connectivity index (χ1) is 10.9. The Morgan fingerprint density at radius 3 is 2.61 bits per heavy atom. The molecule has 0 radical (unpaired) electrons. The molecule has 0 aliphatic carbocycles. The van der Waals surface area contributed by atoms with Gasteiger partial charge in [-0.05, 0) is 45.6 Å². The molecule has 3 heterocycles. The van der Waals surface area contributed by atoms with Gasteiger partial charge in [-0.15, -0.1) is 0 Å². The first kappa shape index (κ1) is 15.5. The summed E-state index contributed by atoms with van der Waals surface area (Å²) in [5, 5.41) is 8.77. The molecule has 1 fully saturated rings. The highest BCUT2D eigenvalue weighted by molar-refractivity contribution is 5.74. The SMILES string of the molecule is CC(C)(C)OC(=O)N1C2C=C(c3cnc(C#N)nc3)CC1CC2. The zero-order chi connectivity index (χ0) is 16.6. The molecule has 2 aliphatic heterocycles. The summed E-state index contributed by atoms with van der Waals surface area (Å²) in [6, 6.07) is 2.14. The molecule has 3 rings (SSSR count). The number of amides is 1. The molecule has 2 unspecified atom stereocenters. The van der Waals surface area contributed by atoms with E-state index in [1.54, 1.807) is 12.4 Å². The van der Waals surface area contributed by atoms with Gasteiger partial charge < -0.3 is 4.74 Å². The molecule has 2 aliphatic rings.